The lowest BCUT2D eigenvalue weighted by Crippen LogP contribution is -2.53. The second kappa shape index (κ2) is 5.46. The van der Waals surface area contributed by atoms with Gasteiger partial charge in [-0.15, -0.1) is 0 Å². The molecule has 0 amide bonds. The second-order valence-electron chi connectivity index (χ2n) is 5.58. The molecule has 3 heteroatoms. The van der Waals surface area contributed by atoms with Gasteiger partial charge in [0.1, 0.15) is 6.17 Å². The average molecular weight is 228 g/mol. The van der Waals surface area contributed by atoms with Crippen LogP contribution in [0.25, 0.3) is 0 Å². The Bertz CT molecular complexity index is 212. The molecule has 0 spiro atoms. The molecule has 1 aliphatic heterocycles. The first-order valence-corrected chi connectivity index (χ1v) is 6.79. The molecular formula is C13H25FN2. The summed E-state index contributed by atoms with van der Waals surface area (Å²) in [6, 6.07) is 1.18. The quantitative estimate of drug-likeness (QED) is 0.715. The Balaban J connectivity index is 1.79. The van der Waals surface area contributed by atoms with E-state index in [0.29, 0.717) is 12.1 Å². The molecule has 1 saturated carbocycles. The summed E-state index contributed by atoms with van der Waals surface area (Å²) in [6.07, 6.45) is 3.32. The van der Waals surface area contributed by atoms with Gasteiger partial charge in [0.05, 0.1) is 0 Å². The largest absolute Gasteiger partial charge is 0.298 e. The molecule has 0 N–H and O–H groups in total. The minimum atomic E-state index is -0.540. The van der Waals surface area contributed by atoms with Crippen molar-refractivity contribution in [3.05, 3.63) is 0 Å². The molecular weight excluding hydrogens is 203 g/mol. The molecule has 0 aromatic rings. The van der Waals surface area contributed by atoms with Gasteiger partial charge in [0, 0.05) is 38.3 Å². The van der Waals surface area contributed by atoms with E-state index in [0.717, 1.165) is 45.4 Å². The number of halogens is 1. The molecule has 1 heterocycles. The van der Waals surface area contributed by atoms with E-state index in [-0.39, 0.29) is 0 Å². The highest BCUT2D eigenvalue weighted by molar-refractivity contribution is 4.84. The van der Waals surface area contributed by atoms with Crippen LogP contribution in [0.4, 0.5) is 4.39 Å². The Morgan fingerprint density at radius 3 is 2.31 bits per heavy atom. The van der Waals surface area contributed by atoms with E-state index < -0.39 is 6.17 Å². The number of nitrogens with zero attached hydrogens (tertiary/aromatic N) is 2. The third-order valence-electron chi connectivity index (χ3n) is 4.18. The normalized spacial score (nSPS) is 34.5. The second-order valence-corrected chi connectivity index (χ2v) is 5.58. The Morgan fingerprint density at radius 2 is 1.75 bits per heavy atom. The third-order valence-corrected chi connectivity index (χ3v) is 4.18. The van der Waals surface area contributed by atoms with Crippen LogP contribution in [0.5, 0.6) is 0 Å². The van der Waals surface area contributed by atoms with E-state index in [1.54, 1.807) is 0 Å². The molecule has 0 aromatic carbocycles. The standard InChI is InChI=1S/C13H25FN2/c1-11(2)15-6-8-16(9-7-15)13-5-3-4-12(14)10-13/h11-13H,3-10H2,1-2H3/t12-,13-/m0/s1. The molecule has 2 fully saturated rings. The van der Waals surface area contributed by atoms with Crippen LogP contribution in [0.1, 0.15) is 39.5 Å². The molecule has 94 valence electrons. The van der Waals surface area contributed by atoms with Crippen molar-refractivity contribution in [3.63, 3.8) is 0 Å². The van der Waals surface area contributed by atoms with E-state index in [1.807, 2.05) is 0 Å². The zero-order chi connectivity index (χ0) is 11.5. The number of alkyl halides is 1. The number of hydrogen-bond donors (Lipinski definition) is 0. The van der Waals surface area contributed by atoms with Crippen LogP contribution in [0.15, 0.2) is 0 Å². The van der Waals surface area contributed by atoms with Crippen LogP contribution < -0.4 is 0 Å². The van der Waals surface area contributed by atoms with Crippen molar-refractivity contribution in [3.8, 4) is 0 Å². The summed E-state index contributed by atoms with van der Waals surface area (Å²) in [6.45, 7) is 9.10. The van der Waals surface area contributed by atoms with Gasteiger partial charge < -0.3 is 0 Å². The predicted molar refractivity (Wildman–Crippen MR) is 65.4 cm³/mol. The maximum atomic E-state index is 13.4. The van der Waals surface area contributed by atoms with Crippen molar-refractivity contribution in [1.82, 2.24) is 9.80 Å². The lowest BCUT2D eigenvalue weighted by molar-refractivity contribution is 0.0482. The molecule has 0 aromatic heterocycles. The molecule has 0 radical (unpaired) electrons. The minimum absolute atomic E-state index is 0.526. The van der Waals surface area contributed by atoms with Gasteiger partial charge in [-0.3, -0.25) is 9.80 Å². The van der Waals surface area contributed by atoms with E-state index in [1.165, 1.54) is 6.42 Å². The van der Waals surface area contributed by atoms with E-state index in [4.69, 9.17) is 0 Å². The number of hydrogen-bond acceptors (Lipinski definition) is 2. The van der Waals surface area contributed by atoms with Crippen LogP contribution in [0, 0.1) is 0 Å². The molecule has 2 atom stereocenters. The van der Waals surface area contributed by atoms with E-state index >= 15 is 0 Å². The minimum Gasteiger partial charge on any atom is -0.298 e. The summed E-state index contributed by atoms with van der Waals surface area (Å²) in [5.41, 5.74) is 0. The van der Waals surface area contributed by atoms with Gasteiger partial charge >= 0.3 is 0 Å². The zero-order valence-corrected chi connectivity index (χ0v) is 10.7. The third kappa shape index (κ3) is 2.95. The maximum absolute atomic E-state index is 13.4. The van der Waals surface area contributed by atoms with Crippen LogP contribution in [-0.2, 0) is 0 Å². The van der Waals surface area contributed by atoms with Crippen molar-refractivity contribution in [1.29, 1.82) is 0 Å². The van der Waals surface area contributed by atoms with Crippen LogP contribution in [0.3, 0.4) is 0 Å². The predicted octanol–water partition coefficient (Wildman–Crippen LogP) is 2.29. The fourth-order valence-corrected chi connectivity index (χ4v) is 3.06. The molecule has 16 heavy (non-hydrogen) atoms. The monoisotopic (exact) mass is 228 g/mol. The lowest BCUT2D eigenvalue weighted by Gasteiger charge is -2.42. The summed E-state index contributed by atoms with van der Waals surface area (Å²) < 4.78 is 13.4. The highest BCUT2D eigenvalue weighted by atomic mass is 19.1. The van der Waals surface area contributed by atoms with Crippen LogP contribution in [-0.4, -0.2) is 54.2 Å². The van der Waals surface area contributed by atoms with Gasteiger partial charge in [-0.25, -0.2) is 4.39 Å². The summed E-state index contributed by atoms with van der Waals surface area (Å²) in [5.74, 6) is 0. The van der Waals surface area contributed by atoms with Crippen molar-refractivity contribution in [2.75, 3.05) is 26.2 Å². The molecule has 0 unspecified atom stereocenters. The molecule has 1 saturated heterocycles. The Morgan fingerprint density at radius 1 is 1.06 bits per heavy atom. The van der Waals surface area contributed by atoms with Crippen LogP contribution >= 0.6 is 0 Å². The smallest absolute Gasteiger partial charge is 0.102 e. The van der Waals surface area contributed by atoms with Gasteiger partial charge in [0.2, 0.25) is 0 Å². The SMILES string of the molecule is CC(C)N1CCN([C@H]2CCC[C@H](F)C2)CC1. The summed E-state index contributed by atoms with van der Waals surface area (Å²) in [5, 5.41) is 0. The van der Waals surface area contributed by atoms with Gasteiger partial charge in [-0.2, -0.15) is 0 Å². The molecule has 2 rings (SSSR count). The van der Waals surface area contributed by atoms with Crippen molar-refractivity contribution >= 4 is 0 Å². The van der Waals surface area contributed by atoms with Gasteiger partial charge in [-0.05, 0) is 39.5 Å². The summed E-state index contributed by atoms with van der Waals surface area (Å²) >= 11 is 0. The maximum Gasteiger partial charge on any atom is 0.102 e. The Hall–Kier alpha value is -0.150. The topological polar surface area (TPSA) is 6.48 Å². The number of rotatable bonds is 2. The van der Waals surface area contributed by atoms with Crippen molar-refractivity contribution in [2.45, 2.75) is 57.8 Å². The van der Waals surface area contributed by atoms with E-state index in [2.05, 4.69) is 23.6 Å². The highest BCUT2D eigenvalue weighted by Gasteiger charge is 2.29. The van der Waals surface area contributed by atoms with Gasteiger partial charge in [-0.1, -0.05) is 0 Å². The summed E-state index contributed by atoms with van der Waals surface area (Å²) in [7, 11) is 0. The fourth-order valence-electron chi connectivity index (χ4n) is 3.06. The zero-order valence-electron chi connectivity index (χ0n) is 10.7. The Kier molecular flexibility index (Phi) is 4.20. The highest BCUT2D eigenvalue weighted by Crippen LogP contribution is 2.26. The van der Waals surface area contributed by atoms with Crippen molar-refractivity contribution < 1.29 is 4.39 Å². The number of piperazine rings is 1. The average Bonchev–Trinajstić information content (AvgIpc) is 2.29. The van der Waals surface area contributed by atoms with E-state index in [9.17, 15) is 4.39 Å². The first kappa shape index (κ1) is 12.3. The lowest BCUT2D eigenvalue weighted by atomic mass is 9.92. The van der Waals surface area contributed by atoms with Crippen LogP contribution in [0.2, 0.25) is 0 Å². The first-order chi connectivity index (χ1) is 7.66. The fraction of sp³-hybridized carbons (Fsp3) is 1.00. The van der Waals surface area contributed by atoms with Gasteiger partial charge in [0.15, 0.2) is 0 Å². The summed E-state index contributed by atoms with van der Waals surface area (Å²) in [4.78, 5) is 5.04. The molecule has 2 aliphatic rings. The first-order valence-electron chi connectivity index (χ1n) is 6.79. The Labute approximate surface area is 98.8 Å². The van der Waals surface area contributed by atoms with Crippen molar-refractivity contribution in [2.24, 2.45) is 0 Å². The van der Waals surface area contributed by atoms with Gasteiger partial charge in [0.25, 0.3) is 0 Å². The molecule has 2 nitrogen and oxygen atoms in total. The molecule has 0 bridgehead atoms. The molecule has 1 aliphatic carbocycles.